The van der Waals surface area contributed by atoms with E-state index in [-0.39, 0.29) is 11.3 Å². The van der Waals surface area contributed by atoms with Crippen LogP contribution in [-0.4, -0.2) is 53.2 Å². The van der Waals surface area contributed by atoms with E-state index in [1.165, 1.54) is 0 Å². The van der Waals surface area contributed by atoms with Crippen molar-refractivity contribution >= 4 is 23.3 Å². The second kappa shape index (κ2) is 6.65. The first-order valence-corrected chi connectivity index (χ1v) is 8.68. The number of β-amino-alcohol motifs (C(OH)–C–C–N with tert-alkyl or cyclic N) is 1. The second-order valence-electron chi connectivity index (χ2n) is 6.94. The highest BCUT2D eigenvalue weighted by atomic mass is 35.5. The lowest BCUT2D eigenvalue weighted by Crippen LogP contribution is -2.52. The molecule has 1 spiro atoms. The minimum absolute atomic E-state index is 0.179. The zero-order chi connectivity index (χ0) is 16.4. The maximum atomic E-state index is 12.1. The number of hydrogen-bond donors (Lipinski definition) is 1. The molecule has 1 aromatic rings. The summed E-state index contributed by atoms with van der Waals surface area (Å²) in [5.41, 5.74) is 0.200. The molecule has 0 bridgehead atoms. The number of likely N-dealkylation sites (tertiary alicyclic amines) is 1. The largest absolute Gasteiger partial charge is 0.392 e. The third kappa shape index (κ3) is 3.78. The van der Waals surface area contributed by atoms with E-state index in [0.717, 1.165) is 44.7 Å². The summed E-state index contributed by atoms with van der Waals surface area (Å²) in [6, 6.07) is 3.84. The predicted octanol–water partition coefficient (Wildman–Crippen LogP) is 2.32. The van der Waals surface area contributed by atoms with E-state index in [1.54, 1.807) is 13.1 Å². The first kappa shape index (κ1) is 16.5. The minimum atomic E-state index is -0.465. The summed E-state index contributed by atoms with van der Waals surface area (Å²) in [7, 11) is 0. The fourth-order valence-corrected chi connectivity index (χ4v) is 3.87. The number of hydrogen-bond acceptors (Lipinski definition) is 4. The van der Waals surface area contributed by atoms with E-state index in [2.05, 4.69) is 9.88 Å². The monoisotopic (exact) mass is 337 g/mol. The predicted molar refractivity (Wildman–Crippen MR) is 90.6 cm³/mol. The molecule has 0 radical (unpaired) electrons. The third-order valence-electron chi connectivity index (χ3n) is 5.09. The van der Waals surface area contributed by atoms with Crippen LogP contribution in [0.15, 0.2) is 18.3 Å². The van der Waals surface area contributed by atoms with Gasteiger partial charge >= 0.3 is 0 Å². The van der Waals surface area contributed by atoms with Crippen molar-refractivity contribution in [3.05, 3.63) is 23.4 Å². The quantitative estimate of drug-likeness (QED) is 0.919. The molecular weight excluding hydrogens is 314 g/mol. The van der Waals surface area contributed by atoms with Crippen molar-refractivity contribution < 1.29 is 9.90 Å². The van der Waals surface area contributed by atoms with Crippen molar-refractivity contribution in [3.8, 4) is 0 Å². The first-order valence-electron chi connectivity index (χ1n) is 8.30. The van der Waals surface area contributed by atoms with E-state index in [1.807, 2.05) is 17.0 Å². The molecule has 0 aromatic carbocycles. The molecule has 0 unspecified atom stereocenters. The van der Waals surface area contributed by atoms with Crippen molar-refractivity contribution in [2.24, 2.45) is 5.41 Å². The van der Waals surface area contributed by atoms with Crippen LogP contribution in [0.2, 0.25) is 5.02 Å². The minimum Gasteiger partial charge on any atom is -0.392 e. The highest BCUT2D eigenvalue weighted by molar-refractivity contribution is 6.30. The van der Waals surface area contributed by atoms with Crippen LogP contribution in [0.25, 0.3) is 0 Å². The zero-order valence-corrected chi connectivity index (χ0v) is 14.3. The number of rotatable bonds is 3. The standard InChI is InChI=1S/C17H24ClN3O2/c1-13(22)11-21-12-17(5-4-16(21)23)6-8-20(9-7-17)15-3-2-14(18)10-19-15/h2-3,10,13,22H,4-9,11-12H2,1H3/t13-/m1/s1. The molecule has 1 N–H and O–H groups in total. The highest BCUT2D eigenvalue weighted by Gasteiger charge is 2.41. The Hall–Kier alpha value is -1.33. The summed E-state index contributed by atoms with van der Waals surface area (Å²) in [6.07, 6.45) is 4.90. The average Bonchev–Trinajstić information content (AvgIpc) is 2.52. The number of carbonyl (C=O) groups is 1. The van der Waals surface area contributed by atoms with Crippen LogP contribution in [0.3, 0.4) is 0 Å². The van der Waals surface area contributed by atoms with Crippen molar-refractivity contribution in [1.29, 1.82) is 0 Å². The van der Waals surface area contributed by atoms with Gasteiger partial charge < -0.3 is 14.9 Å². The molecule has 2 fully saturated rings. The number of aliphatic hydroxyl groups is 1. The maximum absolute atomic E-state index is 12.1. The summed E-state index contributed by atoms with van der Waals surface area (Å²) in [4.78, 5) is 20.6. The number of carbonyl (C=O) groups excluding carboxylic acids is 1. The van der Waals surface area contributed by atoms with Crippen molar-refractivity contribution in [1.82, 2.24) is 9.88 Å². The van der Waals surface area contributed by atoms with E-state index in [4.69, 9.17) is 11.6 Å². The van der Waals surface area contributed by atoms with Crippen LogP contribution in [0.5, 0.6) is 0 Å². The Morgan fingerprint density at radius 1 is 1.35 bits per heavy atom. The number of anilines is 1. The third-order valence-corrected chi connectivity index (χ3v) is 5.32. The summed E-state index contributed by atoms with van der Waals surface area (Å²) >= 11 is 5.90. The summed E-state index contributed by atoms with van der Waals surface area (Å²) < 4.78 is 0. The summed E-state index contributed by atoms with van der Waals surface area (Å²) in [6.45, 7) is 4.86. The fourth-order valence-electron chi connectivity index (χ4n) is 3.76. The van der Waals surface area contributed by atoms with E-state index < -0.39 is 6.10 Å². The summed E-state index contributed by atoms with van der Waals surface area (Å²) in [5, 5.41) is 10.3. The SMILES string of the molecule is C[C@@H](O)CN1CC2(CCC1=O)CCN(c1ccc(Cl)cn1)CC2. The lowest BCUT2D eigenvalue weighted by Gasteiger charge is -2.48. The number of pyridine rings is 1. The number of halogens is 1. The van der Waals surface area contributed by atoms with Crippen LogP contribution in [0, 0.1) is 5.41 Å². The van der Waals surface area contributed by atoms with Crippen LogP contribution in [-0.2, 0) is 4.79 Å². The number of amides is 1. The molecule has 3 heterocycles. The molecule has 1 aromatic heterocycles. The van der Waals surface area contributed by atoms with Crippen molar-refractivity contribution in [2.45, 2.75) is 38.7 Å². The molecule has 5 nitrogen and oxygen atoms in total. The zero-order valence-electron chi connectivity index (χ0n) is 13.5. The Labute approximate surface area is 142 Å². The molecule has 1 amide bonds. The molecule has 3 rings (SSSR count). The van der Waals surface area contributed by atoms with Gasteiger partial charge in [-0.05, 0) is 43.7 Å². The van der Waals surface area contributed by atoms with Gasteiger partial charge in [-0.1, -0.05) is 11.6 Å². The molecule has 6 heteroatoms. The first-order chi connectivity index (χ1) is 11.0. The van der Waals surface area contributed by atoms with Crippen LogP contribution in [0.4, 0.5) is 5.82 Å². The molecule has 23 heavy (non-hydrogen) atoms. The lowest BCUT2D eigenvalue weighted by molar-refractivity contribution is -0.139. The van der Waals surface area contributed by atoms with Gasteiger partial charge in [-0.3, -0.25) is 4.79 Å². The average molecular weight is 338 g/mol. The van der Waals surface area contributed by atoms with Gasteiger partial charge in [0.05, 0.1) is 11.1 Å². The molecule has 2 aliphatic rings. The van der Waals surface area contributed by atoms with Crippen LogP contribution >= 0.6 is 11.6 Å². The molecule has 2 aliphatic heterocycles. The topological polar surface area (TPSA) is 56.7 Å². The number of nitrogens with zero attached hydrogens (tertiary/aromatic N) is 3. The van der Waals surface area contributed by atoms with E-state index >= 15 is 0 Å². The molecular formula is C17H24ClN3O2. The van der Waals surface area contributed by atoms with Crippen molar-refractivity contribution in [3.63, 3.8) is 0 Å². The molecule has 2 saturated heterocycles. The Balaban J connectivity index is 1.63. The Bertz CT molecular complexity index is 553. The Morgan fingerprint density at radius 2 is 2.09 bits per heavy atom. The van der Waals surface area contributed by atoms with Gasteiger partial charge in [0.25, 0.3) is 0 Å². The Kier molecular flexibility index (Phi) is 4.78. The molecule has 0 aliphatic carbocycles. The normalized spacial score (nSPS) is 22.5. The highest BCUT2D eigenvalue weighted by Crippen LogP contribution is 2.41. The molecule has 0 saturated carbocycles. The van der Waals surface area contributed by atoms with Crippen LogP contribution in [0.1, 0.15) is 32.6 Å². The van der Waals surface area contributed by atoms with Gasteiger partial charge in [0.15, 0.2) is 0 Å². The van der Waals surface area contributed by atoms with Gasteiger partial charge in [-0.15, -0.1) is 0 Å². The van der Waals surface area contributed by atoms with Gasteiger partial charge in [0.1, 0.15) is 5.82 Å². The maximum Gasteiger partial charge on any atom is 0.222 e. The molecule has 126 valence electrons. The van der Waals surface area contributed by atoms with Crippen molar-refractivity contribution in [2.75, 3.05) is 31.1 Å². The van der Waals surface area contributed by atoms with Gasteiger partial charge in [0.2, 0.25) is 5.91 Å². The van der Waals surface area contributed by atoms with E-state index in [9.17, 15) is 9.90 Å². The molecule has 1 atom stereocenters. The van der Waals surface area contributed by atoms with Crippen LogP contribution < -0.4 is 4.90 Å². The second-order valence-corrected chi connectivity index (χ2v) is 7.38. The van der Waals surface area contributed by atoms with Gasteiger partial charge in [-0.2, -0.15) is 0 Å². The number of piperidine rings is 2. The number of aliphatic hydroxyl groups excluding tert-OH is 1. The van der Waals surface area contributed by atoms with E-state index in [0.29, 0.717) is 18.0 Å². The van der Waals surface area contributed by atoms with Gasteiger partial charge in [-0.25, -0.2) is 4.98 Å². The number of aromatic nitrogens is 1. The lowest BCUT2D eigenvalue weighted by atomic mass is 9.72. The smallest absolute Gasteiger partial charge is 0.222 e. The van der Waals surface area contributed by atoms with Gasteiger partial charge in [0, 0.05) is 38.8 Å². The fraction of sp³-hybridized carbons (Fsp3) is 0.647. The summed E-state index contributed by atoms with van der Waals surface area (Å²) in [5.74, 6) is 1.15. The Morgan fingerprint density at radius 3 is 2.70 bits per heavy atom.